The topological polar surface area (TPSA) is 87.7 Å². The summed E-state index contributed by atoms with van der Waals surface area (Å²) in [5.74, 6) is -1.13. The highest BCUT2D eigenvalue weighted by molar-refractivity contribution is 5.98. The van der Waals surface area contributed by atoms with E-state index in [-0.39, 0.29) is 23.0 Å². The molecule has 1 rings (SSSR count). The Morgan fingerprint density at radius 2 is 2.06 bits per heavy atom. The van der Waals surface area contributed by atoms with E-state index in [1.54, 1.807) is 20.8 Å². The lowest BCUT2D eigenvalue weighted by atomic mass is 9.95. The van der Waals surface area contributed by atoms with Gasteiger partial charge in [-0.3, -0.25) is 4.79 Å². The van der Waals surface area contributed by atoms with E-state index in [1.807, 2.05) is 0 Å². The number of carbonyl (C=O) groups excluding carboxylic acids is 1. The highest BCUT2D eigenvalue weighted by Gasteiger charge is 2.22. The monoisotopic (exact) mass is 253 g/mol. The first-order valence-corrected chi connectivity index (χ1v) is 5.34. The molecule has 0 aromatic heterocycles. The number of nitrogens with zero attached hydrogens (tertiary/aromatic N) is 1. The number of hydrogen-bond acceptors (Lipinski definition) is 3. The zero-order valence-corrected chi connectivity index (χ0v) is 10.5. The molecule has 0 aliphatic rings. The predicted molar refractivity (Wildman–Crippen MR) is 67.0 cm³/mol. The highest BCUT2D eigenvalue weighted by atomic mass is 19.1. The van der Waals surface area contributed by atoms with E-state index in [2.05, 4.69) is 10.5 Å². The van der Waals surface area contributed by atoms with Gasteiger partial charge >= 0.3 is 0 Å². The molecule has 1 amide bonds. The first-order chi connectivity index (χ1) is 8.25. The predicted octanol–water partition coefficient (Wildman–Crippen LogP) is 1.90. The molecule has 5 nitrogen and oxygen atoms in total. The molecule has 0 aliphatic heterocycles. The zero-order valence-electron chi connectivity index (χ0n) is 10.5. The molecule has 1 aromatic rings. The Morgan fingerprint density at radius 3 is 2.50 bits per heavy atom. The number of anilines is 1. The summed E-state index contributed by atoms with van der Waals surface area (Å²) in [7, 11) is 0. The molecule has 0 radical (unpaired) electrons. The van der Waals surface area contributed by atoms with Crippen molar-refractivity contribution >= 4 is 17.4 Å². The maximum atomic E-state index is 13.7. The SMILES string of the molecule is CC(C)(C)C(=O)Nc1ccc(/C(N)=N/O)cc1F. The second-order valence-corrected chi connectivity index (χ2v) is 4.88. The maximum Gasteiger partial charge on any atom is 0.229 e. The number of nitrogens with one attached hydrogen (secondary N) is 1. The number of amides is 1. The number of nitrogens with two attached hydrogens (primary N) is 1. The van der Waals surface area contributed by atoms with Crippen LogP contribution in [0.25, 0.3) is 0 Å². The molecule has 4 N–H and O–H groups in total. The van der Waals surface area contributed by atoms with E-state index < -0.39 is 11.2 Å². The molecule has 0 saturated carbocycles. The Balaban J connectivity index is 2.97. The van der Waals surface area contributed by atoms with Gasteiger partial charge in [-0.15, -0.1) is 0 Å². The van der Waals surface area contributed by atoms with Crippen LogP contribution in [0.3, 0.4) is 0 Å². The van der Waals surface area contributed by atoms with Crippen LogP contribution in [0, 0.1) is 11.2 Å². The Morgan fingerprint density at radius 1 is 1.44 bits per heavy atom. The normalized spacial score (nSPS) is 12.3. The van der Waals surface area contributed by atoms with Gasteiger partial charge in [-0.2, -0.15) is 0 Å². The van der Waals surface area contributed by atoms with Crippen LogP contribution in [0.2, 0.25) is 0 Å². The average molecular weight is 253 g/mol. The average Bonchev–Trinajstić information content (AvgIpc) is 2.29. The van der Waals surface area contributed by atoms with Gasteiger partial charge in [0.05, 0.1) is 5.69 Å². The molecule has 0 spiro atoms. The number of hydrogen-bond donors (Lipinski definition) is 3. The second kappa shape index (κ2) is 5.03. The highest BCUT2D eigenvalue weighted by Crippen LogP contribution is 2.20. The molecule has 0 saturated heterocycles. The smallest absolute Gasteiger partial charge is 0.229 e. The molecule has 0 heterocycles. The lowest BCUT2D eigenvalue weighted by molar-refractivity contribution is -0.123. The molecule has 0 bridgehead atoms. The number of benzene rings is 1. The standard InChI is InChI=1S/C12H16FN3O2/c1-12(2,3)11(17)15-9-5-4-7(6-8(9)13)10(14)16-18/h4-6,18H,1-3H3,(H2,14,16)(H,15,17). The fraction of sp³-hybridized carbons (Fsp3) is 0.333. The molecule has 18 heavy (non-hydrogen) atoms. The maximum absolute atomic E-state index is 13.7. The van der Waals surface area contributed by atoms with Gasteiger partial charge in [-0.25, -0.2) is 4.39 Å². The van der Waals surface area contributed by atoms with Crippen molar-refractivity contribution in [1.29, 1.82) is 0 Å². The van der Waals surface area contributed by atoms with Gasteiger partial charge in [0, 0.05) is 11.0 Å². The minimum atomic E-state index is -0.642. The molecule has 98 valence electrons. The molecule has 1 aromatic carbocycles. The third-order valence-corrected chi connectivity index (χ3v) is 2.30. The number of rotatable bonds is 2. The molecule has 0 fully saturated rings. The van der Waals surface area contributed by atoms with Crippen LogP contribution in [0.1, 0.15) is 26.3 Å². The van der Waals surface area contributed by atoms with Gasteiger partial charge in [0.2, 0.25) is 5.91 Å². The minimum absolute atomic E-state index is 0.0596. The van der Waals surface area contributed by atoms with Crippen LogP contribution >= 0.6 is 0 Å². The minimum Gasteiger partial charge on any atom is -0.409 e. The van der Waals surface area contributed by atoms with Crippen LogP contribution in [-0.2, 0) is 4.79 Å². The van der Waals surface area contributed by atoms with E-state index in [0.29, 0.717) is 0 Å². The Bertz CT molecular complexity index is 493. The van der Waals surface area contributed by atoms with Gasteiger partial charge in [-0.1, -0.05) is 25.9 Å². The van der Waals surface area contributed by atoms with Crippen molar-refractivity contribution in [2.75, 3.05) is 5.32 Å². The third-order valence-electron chi connectivity index (χ3n) is 2.30. The number of carbonyl (C=O) groups is 1. The molecule has 0 atom stereocenters. The van der Waals surface area contributed by atoms with Crippen molar-refractivity contribution in [3.8, 4) is 0 Å². The number of amidine groups is 1. The molecule has 0 unspecified atom stereocenters. The van der Waals surface area contributed by atoms with Crippen LogP contribution in [0.4, 0.5) is 10.1 Å². The van der Waals surface area contributed by atoms with Crippen molar-refractivity contribution < 1.29 is 14.4 Å². The Labute approximate surface area is 104 Å². The third kappa shape index (κ3) is 3.19. The van der Waals surface area contributed by atoms with Gasteiger partial charge < -0.3 is 16.3 Å². The van der Waals surface area contributed by atoms with E-state index >= 15 is 0 Å². The van der Waals surface area contributed by atoms with Gasteiger partial charge in [0.25, 0.3) is 0 Å². The van der Waals surface area contributed by atoms with Gasteiger partial charge in [-0.05, 0) is 18.2 Å². The van der Waals surface area contributed by atoms with E-state index in [4.69, 9.17) is 10.9 Å². The van der Waals surface area contributed by atoms with Crippen molar-refractivity contribution in [2.24, 2.45) is 16.3 Å². The van der Waals surface area contributed by atoms with Crippen molar-refractivity contribution in [2.45, 2.75) is 20.8 Å². The fourth-order valence-corrected chi connectivity index (χ4v) is 1.14. The van der Waals surface area contributed by atoms with Gasteiger partial charge in [0.1, 0.15) is 5.82 Å². The van der Waals surface area contributed by atoms with Crippen LogP contribution in [0.15, 0.2) is 23.4 Å². The first kappa shape index (κ1) is 14.0. The summed E-state index contributed by atoms with van der Waals surface area (Å²) < 4.78 is 13.7. The lowest BCUT2D eigenvalue weighted by Crippen LogP contribution is -2.28. The van der Waals surface area contributed by atoms with Gasteiger partial charge in [0.15, 0.2) is 5.84 Å². The fourth-order valence-electron chi connectivity index (χ4n) is 1.14. The van der Waals surface area contributed by atoms with E-state index in [0.717, 1.165) is 6.07 Å². The molecular weight excluding hydrogens is 237 g/mol. The summed E-state index contributed by atoms with van der Waals surface area (Å²) in [6.45, 7) is 5.18. The summed E-state index contributed by atoms with van der Waals surface area (Å²) in [5, 5.41) is 13.7. The molecule has 6 heteroatoms. The molecule has 0 aliphatic carbocycles. The van der Waals surface area contributed by atoms with Crippen molar-refractivity contribution in [3.05, 3.63) is 29.6 Å². The number of halogens is 1. The largest absolute Gasteiger partial charge is 0.409 e. The summed E-state index contributed by atoms with van der Waals surface area (Å²) in [6.07, 6.45) is 0. The van der Waals surface area contributed by atoms with E-state index in [1.165, 1.54) is 12.1 Å². The summed E-state index contributed by atoms with van der Waals surface area (Å²) >= 11 is 0. The van der Waals surface area contributed by atoms with Crippen LogP contribution in [0.5, 0.6) is 0 Å². The summed E-state index contributed by atoms with van der Waals surface area (Å²) in [5.41, 5.74) is 5.01. The quantitative estimate of drug-likeness (QED) is 0.325. The lowest BCUT2D eigenvalue weighted by Gasteiger charge is -2.18. The van der Waals surface area contributed by atoms with Crippen molar-refractivity contribution in [3.63, 3.8) is 0 Å². The number of oxime groups is 1. The Hall–Kier alpha value is -2.11. The Kier molecular flexibility index (Phi) is 3.90. The summed E-state index contributed by atoms with van der Waals surface area (Å²) in [4.78, 5) is 11.7. The summed E-state index contributed by atoms with van der Waals surface area (Å²) in [6, 6.07) is 3.91. The van der Waals surface area contributed by atoms with E-state index in [9.17, 15) is 9.18 Å². The van der Waals surface area contributed by atoms with Crippen molar-refractivity contribution in [1.82, 2.24) is 0 Å². The first-order valence-electron chi connectivity index (χ1n) is 5.34. The second-order valence-electron chi connectivity index (χ2n) is 4.88. The van der Waals surface area contributed by atoms with Crippen LogP contribution in [-0.4, -0.2) is 17.0 Å². The molecular formula is C12H16FN3O2. The zero-order chi connectivity index (χ0) is 13.9. The van der Waals surface area contributed by atoms with Crippen LogP contribution < -0.4 is 11.1 Å².